The van der Waals surface area contributed by atoms with E-state index in [-0.39, 0.29) is 18.7 Å². The molecule has 2 aromatic rings. The average Bonchev–Trinajstić information content (AvgIpc) is 2.95. The highest BCUT2D eigenvalue weighted by molar-refractivity contribution is 5.30. The molecule has 0 spiro atoms. The van der Waals surface area contributed by atoms with Crippen molar-refractivity contribution in [3.8, 4) is 0 Å². The van der Waals surface area contributed by atoms with Crippen LogP contribution < -0.4 is 5.32 Å². The van der Waals surface area contributed by atoms with Crippen molar-refractivity contribution in [1.29, 1.82) is 0 Å². The van der Waals surface area contributed by atoms with Crippen LogP contribution in [0.2, 0.25) is 0 Å². The van der Waals surface area contributed by atoms with Crippen LogP contribution in [-0.2, 0) is 19.6 Å². The van der Waals surface area contributed by atoms with Crippen molar-refractivity contribution in [2.75, 3.05) is 6.61 Å². The van der Waals surface area contributed by atoms with Crippen molar-refractivity contribution in [3.05, 3.63) is 52.8 Å². The summed E-state index contributed by atoms with van der Waals surface area (Å²) in [6.45, 7) is -0.0967. The molecule has 1 aromatic heterocycles. The lowest BCUT2D eigenvalue weighted by atomic mass is 9.91. The molecule has 3 rings (SSSR count). The van der Waals surface area contributed by atoms with Crippen molar-refractivity contribution in [2.24, 2.45) is 7.05 Å². The van der Waals surface area contributed by atoms with E-state index in [9.17, 15) is 18.3 Å². The highest BCUT2D eigenvalue weighted by Crippen LogP contribution is 2.34. The summed E-state index contributed by atoms with van der Waals surface area (Å²) in [4.78, 5) is 0. The first-order valence-corrected chi connectivity index (χ1v) is 8.45. The zero-order valence-corrected chi connectivity index (χ0v) is 14.1. The van der Waals surface area contributed by atoms with Crippen LogP contribution >= 0.6 is 0 Å². The molecule has 1 heterocycles. The van der Waals surface area contributed by atoms with Gasteiger partial charge in [-0.1, -0.05) is 12.1 Å². The van der Waals surface area contributed by atoms with Crippen molar-refractivity contribution in [1.82, 2.24) is 15.1 Å². The second-order valence-electron chi connectivity index (χ2n) is 6.50. The molecule has 2 unspecified atom stereocenters. The third kappa shape index (κ3) is 4.04. The van der Waals surface area contributed by atoms with Crippen LogP contribution in [0, 0.1) is 0 Å². The molecular formula is C18H22F3N3O. The quantitative estimate of drug-likeness (QED) is 0.865. The Labute approximate surface area is 144 Å². The smallest absolute Gasteiger partial charge is 0.396 e. The molecule has 0 bridgehead atoms. The zero-order chi connectivity index (χ0) is 18.0. The minimum atomic E-state index is -4.37. The molecule has 136 valence electrons. The number of hydrogen-bond donors (Lipinski definition) is 2. The Hall–Kier alpha value is -1.86. The van der Waals surface area contributed by atoms with Crippen LogP contribution in [0.1, 0.15) is 53.7 Å². The minimum Gasteiger partial charge on any atom is -0.396 e. The Morgan fingerprint density at radius 2 is 2.20 bits per heavy atom. The van der Waals surface area contributed by atoms with Gasteiger partial charge in [0.05, 0.1) is 11.3 Å². The number of aliphatic hydroxyl groups excluding tert-OH is 1. The molecule has 1 aliphatic rings. The lowest BCUT2D eigenvalue weighted by Gasteiger charge is -2.28. The highest BCUT2D eigenvalue weighted by atomic mass is 19.4. The SMILES string of the molecule is Cn1cc2c(n1)CCCC2NC(CCO)c1cccc(C(F)(F)F)c1. The van der Waals surface area contributed by atoms with Crippen molar-refractivity contribution in [2.45, 2.75) is 43.9 Å². The van der Waals surface area contributed by atoms with Gasteiger partial charge in [-0.2, -0.15) is 18.3 Å². The van der Waals surface area contributed by atoms with Crippen LogP contribution in [0.5, 0.6) is 0 Å². The van der Waals surface area contributed by atoms with Crippen molar-refractivity contribution in [3.63, 3.8) is 0 Å². The predicted molar refractivity (Wildman–Crippen MR) is 87.9 cm³/mol. The predicted octanol–water partition coefficient (Wildman–Crippen LogP) is 3.53. The highest BCUT2D eigenvalue weighted by Gasteiger charge is 2.31. The number of aryl methyl sites for hydroxylation is 2. The van der Waals surface area contributed by atoms with E-state index in [1.807, 2.05) is 13.2 Å². The Balaban J connectivity index is 1.85. The molecule has 1 aromatic carbocycles. The number of alkyl halides is 3. The molecule has 2 N–H and O–H groups in total. The summed E-state index contributed by atoms with van der Waals surface area (Å²) in [5.74, 6) is 0. The summed E-state index contributed by atoms with van der Waals surface area (Å²) >= 11 is 0. The standard InChI is InChI=1S/C18H22F3N3O/c1-24-11-14-16(6-3-7-17(14)23-24)22-15(8-9-25)12-4-2-5-13(10-12)18(19,20)21/h2,4-5,10-11,15-16,22,25H,3,6-9H2,1H3. The average molecular weight is 353 g/mol. The van der Waals surface area contributed by atoms with Crippen LogP contribution in [0.4, 0.5) is 13.2 Å². The number of nitrogens with zero attached hydrogens (tertiary/aromatic N) is 2. The van der Waals surface area contributed by atoms with Crippen molar-refractivity contribution < 1.29 is 18.3 Å². The van der Waals surface area contributed by atoms with E-state index in [2.05, 4.69) is 10.4 Å². The monoisotopic (exact) mass is 353 g/mol. The van der Waals surface area contributed by atoms with Gasteiger partial charge < -0.3 is 10.4 Å². The first kappa shape index (κ1) is 17.9. The largest absolute Gasteiger partial charge is 0.416 e. The van der Waals surface area contributed by atoms with E-state index >= 15 is 0 Å². The second kappa shape index (κ2) is 7.17. The maximum atomic E-state index is 13.0. The fraction of sp³-hybridized carbons (Fsp3) is 0.500. The van der Waals surface area contributed by atoms with E-state index in [0.29, 0.717) is 12.0 Å². The van der Waals surface area contributed by atoms with Gasteiger partial charge in [0.15, 0.2) is 0 Å². The van der Waals surface area contributed by atoms with Gasteiger partial charge in [0, 0.05) is 37.5 Å². The number of fused-ring (bicyclic) bond motifs is 1. The summed E-state index contributed by atoms with van der Waals surface area (Å²) in [6.07, 6.45) is 0.751. The van der Waals surface area contributed by atoms with Gasteiger partial charge in [0.2, 0.25) is 0 Å². The van der Waals surface area contributed by atoms with Gasteiger partial charge in [0.25, 0.3) is 0 Å². The second-order valence-corrected chi connectivity index (χ2v) is 6.50. The minimum absolute atomic E-state index is 0.0311. The molecular weight excluding hydrogens is 331 g/mol. The first-order valence-electron chi connectivity index (χ1n) is 8.45. The topological polar surface area (TPSA) is 50.1 Å². The van der Waals surface area contributed by atoms with Crippen LogP contribution in [0.25, 0.3) is 0 Å². The van der Waals surface area contributed by atoms with Gasteiger partial charge >= 0.3 is 6.18 Å². The summed E-state index contributed by atoms with van der Waals surface area (Å²) in [5.41, 5.74) is 2.02. The van der Waals surface area contributed by atoms with E-state index in [4.69, 9.17) is 0 Å². The molecule has 0 saturated carbocycles. The number of benzene rings is 1. The molecule has 0 aliphatic heterocycles. The molecule has 0 fully saturated rings. The number of aromatic nitrogens is 2. The molecule has 2 atom stereocenters. The summed E-state index contributed by atoms with van der Waals surface area (Å²) in [6, 6.07) is 5.02. The Morgan fingerprint density at radius 1 is 1.40 bits per heavy atom. The van der Waals surface area contributed by atoms with Crippen molar-refractivity contribution >= 4 is 0 Å². The number of aliphatic hydroxyl groups is 1. The normalized spacial score (nSPS) is 18.8. The summed E-state index contributed by atoms with van der Waals surface area (Å²) in [7, 11) is 1.87. The lowest BCUT2D eigenvalue weighted by Crippen LogP contribution is -2.29. The van der Waals surface area contributed by atoms with Crippen LogP contribution in [-0.4, -0.2) is 21.5 Å². The van der Waals surface area contributed by atoms with Crippen LogP contribution in [0.3, 0.4) is 0 Å². The summed E-state index contributed by atoms with van der Waals surface area (Å²) < 4.78 is 40.8. The number of nitrogens with one attached hydrogen (secondary N) is 1. The van der Waals surface area contributed by atoms with Gasteiger partial charge in [0.1, 0.15) is 0 Å². The Morgan fingerprint density at radius 3 is 2.92 bits per heavy atom. The van der Waals surface area contributed by atoms with Gasteiger partial charge in [-0.15, -0.1) is 0 Å². The Bertz CT molecular complexity index is 727. The summed E-state index contributed by atoms with van der Waals surface area (Å²) in [5, 5.41) is 17.3. The van der Waals surface area contributed by atoms with E-state index < -0.39 is 11.7 Å². The number of rotatable bonds is 5. The van der Waals surface area contributed by atoms with Crippen LogP contribution in [0.15, 0.2) is 30.5 Å². The molecule has 0 saturated heterocycles. The fourth-order valence-electron chi connectivity index (χ4n) is 3.49. The Kier molecular flexibility index (Phi) is 5.15. The number of halogens is 3. The maximum absolute atomic E-state index is 13.0. The maximum Gasteiger partial charge on any atom is 0.416 e. The molecule has 4 nitrogen and oxygen atoms in total. The molecule has 0 radical (unpaired) electrons. The fourth-order valence-corrected chi connectivity index (χ4v) is 3.49. The molecule has 1 aliphatic carbocycles. The zero-order valence-electron chi connectivity index (χ0n) is 14.1. The lowest BCUT2D eigenvalue weighted by molar-refractivity contribution is -0.137. The van der Waals surface area contributed by atoms with E-state index in [1.54, 1.807) is 10.7 Å². The third-order valence-corrected chi connectivity index (χ3v) is 4.66. The van der Waals surface area contributed by atoms with E-state index in [1.165, 1.54) is 12.1 Å². The first-order chi connectivity index (χ1) is 11.9. The van der Waals surface area contributed by atoms with Gasteiger partial charge in [-0.05, 0) is 43.4 Å². The van der Waals surface area contributed by atoms with Gasteiger partial charge in [-0.3, -0.25) is 4.68 Å². The molecule has 25 heavy (non-hydrogen) atoms. The number of hydrogen-bond acceptors (Lipinski definition) is 3. The van der Waals surface area contributed by atoms with E-state index in [0.717, 1.165) is 36.6 Å². The molecule has 0 amide bonds. The van der Waals surface area contributed by atoms with Gasteiger partial charge in [-0.25, -0.2) is 0 Å². The molecule has 7 heteroatoms. The third-order valence-electron chi connectivity index (χ3n) is 4.66.